The van der Waals surface area contributed by atoms with Crippen LogP contribution in [-0.2, 0) is 27.3 Å². The van der Waals surface area contributed by atoms with Crippen LogP contribution >= 0.6 is 0 Å². The van der Waals surface area contributed by atoms with Crippen LogP contribution in [0.5, 0.6) is 0 Å². The number of carbonyl (C=O) groups is 2. The van der Waals surface area contributed by atoms with Gasteiger partial charge in [-0.15, -0.1) is 0 Å². The number of aromatic amines is 1. The fourth-order valence-corrected chi connectivity index (χ4v) is 4.79. The molecular formula is C28H30N4O4. The summed E-state index contributed by atoms with van der Waals surface area (Å²) in [5, 5.41) is 9.98. The molecule has 2 unspecified atom stereocenters. The second kappa shape index (κ2) is 11.0. The molecule has 2 aromatic carbocycles. The molecule has 0 saturated carbocycles. The Labute approximate surface area is 210 Å². The average Bonchev–Trinajstić information content (AvgIpc) is 3.30. The second-order valence-electron chi connectivity index (χ2n) is 9.27. The van der Waals surface area contributed by atoms with Crippen molar-refractivity contribution in [1.29, 1.82) is 0 Å². The van der Waals surface area contributed by atoms with Crippen molar-refractivity contribution in [3.05, 3.63) is 71.4 Å². The summed E-state index contributed by atoms with van der Waals surface area (Å²) in [6.45, 7) is 5.15. The van der Waals surface area contributed by atoms with E-state index in [0.29, 0.717) is 19.5 Å². The van der Waals surface area contributed by atoms with Gasteiger partial charge in [-0.3, -0.25) is 19.7 Å². The van der Waals surface area contributed by atoms with Crippen molar-refractivity contribution >= 4 is 22.7 Å². The van der Waals surface area contributed by atoms with Gasteiger partial charge >= 0.3 is 0 Å². The maximum Gasteiger partial charge on any atom is 0.260 e. The number of nitrogens with zero attached hydrogens (tertiary/aromatic N) is 2. The first kappa shape index (κ1) is 24.1. The van der Waals surface area contributed by atoms with Gasteiger partial charge < -0.3 is 14.6 Å². The number of rotatable bonds is 9. The van der Waals surface area contributed by atoms with Crippen LogP contribution in [0.25, 0.3) is 10.9 Å². The van der Waals surface area contributed by atoms with E-state index in [1.807, 2.05) is 59.6 Å². The summed E-state index contributed by atoms with van der Waals surface area (Å²) in [5.41, 5.74) is 5.66. The lowest BCUT2D eigenvalue weighted by Crippen LogP contribution is -2.43. The molecule has 0 bridgehead atoms. The first-order valence-electron chi connectivity index (χ1n) is 12.3. The van der Waals surface area contributed by atoms with E-state index < -0.39 is 11.8 Å². The second-order valence-corrected chi connectivity index (χ2v) is 9.27. The Morgan fingerprint density at radius 2 is 1.89 bits per heavy atom. The molecule has 5 rings (SSSR count). The third-order valence-electron chi connectivity index (χ3n) is 6.99. The highest BCUT2D eigenvalue weighted by molar-refractivity contribution is 5.89. The van der Waals surface area contributed by atoms with Gasteiger partial charge in [0.25, 0.3) is 5.91 Å². The van der Waals surface area contributed by atoms with E-state index in [-0.39, 0.29) is 11.8 Å². The molecule has 1 saturated heterocycles. The van der Waals surface area contributed by atoms with E-state index in [9.17, 15) is 9.59 Å². The van der Waals surface area contributed by atoms with Gasteiger partial charge in [-0.2, -0.15) is 0 Å². The topological polar surface area (TPSA) is 97.9 Å². The number of ether oxygens (including phenoxy) is 1. The summed E-state index contributed by atoms with van der Waals surface area (Å²) in [6.07, 6.45) is 2.26. The van der Waals surface area contributed by atoms with Crippen LogP contribution in [0.15, 0.2) is 54.7 Å². The molecule has 8 nitrogen and oxygen atoms in total. The molecule has 1 aliphatic carbocycles. The summed E-state index contributed by atoms with van der Waals surface area (Å²) in [5.74, 6) is 4.62. The normalized spacial score (nSPS) is 19.2. The van der Waals surface area contributed by atoms with Crippen LogP contribution in [0, 0.1) is 17.8 Å². The lowest BCUT2D eigenvalue weighted by atomic mass is 9.79. The highest BCUT2D eigenvalue weighted by Gasteiger charge is 2.32. The largest absolute Gasteiger partial charge is 0.379 e. The number of H-pyrrole nitrogens is 1. The molecule has 36 heavy (non-hydrogen) atoms. The highest BCUT2D eigenvalue weighted by Crippen LogP contribution is 2.30. The summed E-state index contributed by atoms with van der Waals surface area (Å²) in [6, 6.07) is 15.9. The van der Waals surface area contributed by atoms with E-state index >= 15 is 0 Å². The Kier molecular flexibility index (Phi) is 7.33. The maximum absolute atomic E-state index is 13.5. The number of nitrogens with one attached hydrogen (secondary N) is 2. The van der Waals surface area contributed by atoms with Crippen molar-refractivity contribution < 1.29 is 19.5 Å². The Bertz CT molecular complexity index is 1280. The van der Waals surface area contributed by atoms with Gasteiger partial charge in [-0.05, 0) is 22.8 Å². The van der Waals surface area contributed by atoms with Gasteiger partial charge in [0.15, 0.2) is 0 Å². The number of hydroxylamine groups is 1. The zero-order chi connectivity index (χ0) is 24.9. The molecule has 186 valence electrons. The number of morpholine rings is 1. The van der Waals surface area contributed by atoms with E-state index in [1.54, 1.807) is 5.48 Å². The Morgan fingerprint density at radius 1 is 1.11 bits per heavy atom. The summed E-state index contributed by atoms with van der Waals surface area (Å²) < 4.78 is 5.46. The Morgan fingerprint density at radius 3 is 2.61 bits per heavy atom. The quantitative estimate of drug-likeness (QED) is 0.245. The van der Waals surface area contributed by atoms with Crippen LogP contribution in [0.1, 0.15) is 22.6 Å². The lowest BCUT2D eigenvalue weighted by molar-refractivity contribution is -0.132. The molecular weight excluding hydrogens is 456 g/mol. The highest BCUT2D eigenvalue weighted by atomic mass is 16.5. The van der Waals surface area contributed by atoms with Crippen LogP contribution in [0.4, 0.5) is 0 Å². The third-order valence-corrected chi connectivity index (χ3v) is 6.99. The standard InChI is InChI=1S/C28H30N4O4/c33-27(17-22-18-29-26-4-2-1-3-24(22)26)32(12-11-31-13-15-36-16-14-31)19-20-5-7-21(8-6-20)23-9-10-25(23)28(34)30-35/h1-8,18,23,25,29,35H,11-17,19H2,(H,30,34). The molecule has 3 N–H and O–H groups in total. The van der Waals surface area contributed by atoms with Crippen molar-refractivity contribution in [2.24, 2.45) is 5.92 Å². The summed E-state index contributed by atoms with van der Waals surface area (Å²) in [4.78, 5) is 32.8. The zero-order valence-corrected chi connectivity index (χ0v) is 20.1. The van der Waals surface area contributed by atoms with Gasteiger partial charge in [-0.25, -0.2) is 5.48 Å². The molecule has 2 aliphatic rings. The molecule has 0 spiro atoms. The molecule has 1 fully saturated rings. The van der Waals surface area contributed by atoms with Crippen LogP contribution in [0.3, 0.4) is 0 Å². The van der Waals surface area contributed by atoms with Crippen LogP contribution in [0.2, 0.25) is 0 Å². The van der Waals surface area contributed by atoms with Crippen molar-refractivity contribution in [2.75, 3.05) is 39.4 Å². The van der Waals surface area contributed by atoms with Crippen molar-refractivity contribution in [3.8, 4) is 11.8 Å². The monoisotopic (exact) mass is 486 g/mol. The predicted octanol–water partition coefficient (Wildman–Crippen LogP) is 2.29. The van der Waals surface area contributed by atoms with E-state index in [4.69, 9.17) is 9.94 Å². The molecule has 0 radical (unpaired) electrons. The molecule has 2 heterocycles. The van der Waals surface area contributed by atoms with Crippen LogP contribution < -0.4 is 5.48 Å². The number of aromatic nitrogens is 1. The number of carbonyl (C=O) groups excluding carboxylic acids is 2. The number of hydrogen-bond acceptors (Lipinski definition) is 5. The SMILES string of the molecule is O=C(NO)C1C#CC1c1ccc(CN(CCN2CCOCC2)C(=O)Cc2c[nH]c3ccccc23)cc1. The Hall–Kier alpha value is -3.64. The van der Waals surface area contributed by atoms with Gasteiger partial charge in [0, 0.05) is 49.8 Å². The molecule has 8 heteroatoms. The summed E-state index contributed by atoms with van der Waals surface area (Å²) in [7, 11) is 0. The van der Waals surface area contributed by atoms with Gasteiger partial charge in [0.05, 0.1) is 25.6 Å². The molecule has 1 aromatic heterocycles. The zero-order valence-electron chi connectivity index (χ0n) is 20.1. The van der Waals surface area contributed by atoms with E-state index in [2.05, 4.69) is 21.7 Å². The fourth-order valence-electron chi connectivity index (χ4n) is 4.79. The van der Waals surface area contributed by atoms with Crippen LogP contribution in [-0.4, -0.2) is 71.2 Å². The van der Waals surface area contributed by atoms with Gasteiger partial charge in [0.1, 0.15) is 5.92 Å². The number of para-hydroxylation sites is 1. The van der Waals surface area contributed by atoms with Crippen molar-refractivity contribution in [1.82, 2.24) is 20.3 Å². The number of benzene rings is 2. The number of hydrogen-bond donors (Lipinski definition) is 3. The number of amides is 2. The van der Waals surface area contributed by atoms with Crippen molar-refractivity contribution in [2.45, 2.75) is 18.9 Å². The first-order valence-corrected chi connectivity index (χ1v) is 12.3. The minimum atomic E-state index is -0.538. The minimum Gasteiger partial charge on any atom is -0.379 e. The minimum absolute atomic E-state index is 0.0848. The lowest BCUT2D eigenvalue weighted by Gasteiger charge is -2.30. The smallest absolute Gasteiger partial charge is 0.260 e. The summed E-state index contributed by atoms with van der Waals surface area (Å²) >= 11 is 0. The maximum atomic E-state index is 13.5. The molecule has 1 aliphatic heterocycles. The van der Waals surface area contributed by atoms with E-state index in [1.165, 1.54) is 0 Å². The number of fused-ring (bicyclic) bond motifs is 1. The van der Waals surface area contributed by atoms with Crippen molar-refractivity contribution in [3.63, 3.8) is 0 Å². The van der Waals surface area contributed by atoms with E-state index in [0.717, 1.165) is 60.4 Å². The van der Waals surface area contributed by atoms with Gasteiger partial charge in [-0.1, -0.05) is 54.3 Å². The third kappa shape index (κ3) is 5.29. The molecule has 3 aromatic rings. The molecule has 2 atom stereocenters. The predicted molar refractivity (Wildman–Crippen MR) is 135 cm³/mol. The molecule has 2 amide bonds. The average molecular weight is 487 g/mol. The van der Waals surface area contributed by atoms with Gasteiger partial charge in [0.2, 0.25) is 5.91 Å². The first-order chi connectivity index (χ1) is 17.6. The fraction of sp³-hybridized carbons (Fsp3) is 0.357. The Balaban J connectivity index is 1.29.